The Hall–Kier alpha value is -1.54. The van der Waals surface area contributed by atoms with E-state index >= 15 is 0 Å². The first-order chi connectivity index (χ1) is 9.51. The maximum absolute atomic E-state index is 11.7. The Morgan fingerprint density at radius 3 is 2.48 bits per heavy atom. The van der Waals surface area contributed by atoms with Crippen LogP contribution in [-0.2, 0) is 10.0 Å². The lowest BCUT2D eigenvalue weighted by molar-refractivity contribution is 0.125. The van der Waals surface area contributed by atoms with Gasteiger partial charge in [-0.25, -0.2) is 12.7 Å². The quantitative estimate of drug-likeness (QED) is 0.817. The van der Waals surface area contributed by atoms with Crippen molar-refractivity contribution >= 4 is 21.5 Å². The van der Waals surface area contributed by atoms with Gasteiger partial charge in [0.15, 0.2) is 0 Å². The number of ether oxygens (including phenoxy) is 1. The summed E-state index contributed by atoms with van der Waals surface area (Å²) in [6, 6.07) is 3.37. The molecule has 120 valence electrons. The second kappa shape index (κ2) is 6.48. The number of nitrogens with two attached hydrogens (primary N) is 1. The summed E-state index contributed by atoms with van der Waals surface area (Å²) in [5.41, 5.74) is 5.85. The molecule has 0 saturated heterocycles. The molecule has 0 aliphatic heterocycles. The van der Waals surface area contributed by atoms with Crippen molar-refractivity contribution in [1.82, 2.24) is 9.29 Å². The van der Waals surface area contributed by atoms with Crippen molar-refractivity contribution in [3.8, 4) is 5.88 Å². The van der Waals surface area contributed by atoms with Crippen molar-refractivity contribution in [2.75, 3.05) is 37.4 Å². The van der Waals surface area contributed by atoms with Gasteiger partial charge in [-0.05, 0) is 32.9 Å². The van der Waals surface area contributed by atoms with Crippen molar-refractivity contribution in [3.63, 3.8) is 0 Å². The fourth-order valence-electron chi connectivity index (χ4n) is 1.41. The van der Waals surface area contributed by atoms with E-state index in [0.717, 1.165) is 0 Å². The molecular weight excluding hydrogens is 292 g/mol. The van der Waals surface area contributed by atoms with Crippen molar-refractivity contribution < 1.29 is 13.2 Å². The van der Waals surface area contributed by atoms with E-state index in [0.29, 0.717) is 17.4 Å². The van der Waals surface area contributed by atoms with E-state index in [9.17, 15) is 8.42 Å². The first-order valence-corrected chi connectivity index (χ1v) is 8.22. The van der Waals surface area contributed by atoms with Gasteiger partial charge in [0.25, 0.3) is 0 Å². The van der Waals surface area contributed by atoms with Gasteiger partial charge in [0.2, 0.25) is 15.9 Å². The smallest absolute Gasteiger partial charge is 0.239 e. The molecule has 8 heteroatoms. The molecule has 0 aliphatic rings. The van der Waals surface area contributed by atoms with E-state index in [2.05, 4.69) is 10.3 Å². The van der Waals surface area contributed by atoms with Crippen LogP contribution in [0.3, 0.4) is 0 Å². The normalized spacial score (nSPS) is 12.5. The van der Waals surface area contributed by atoms with Gasteiger partial charge in [-0.1, -0.05) is 0 Å². The molecule has 0 atom stereocenters. The van der Waals surface area contributed by atoms with Crippen LogP contribution >= 0.6 is 0 Å². The Kier molecular flexibility index (Phi) is 5.41. The molecule has 0 spiro atoms. The molecule has 1 aromatic heterocycles. The summed E-state index contributed by atoms with van der Waals surface area (Å²) in [5.74, 6) is 0.849. The van der Waals surface area contributed by atoms with Gasteiger partial charge in [-0.15, -0.1) is 0 Å². The average molecular weight is 316 g/mol. The molecule has 0 unspecified atom stereocenters. The van der Waals surface area contributed by atoms with Crippen molar-refractivity contribution in [2.24, 2.45) is 0 Å². The lowest BCUT2D eigenvalue weighted by Gasteiger charge is -2.21. The molecule has 0 bridgehead atoms. The van der Waals surface area contributed by atoms with Gasteiger partial charge in [-0.2, -0.15) is 4.98 Å². The summed E-state index contributed by atoms with van der Waals surface area (Å²) in [5, 5.41) is 2.96. The van der Waals surface area contributed by atoms with E-state index in [1.807, 2.05) is 20.8 Å². The second-order valence-corrected chi connectivity index (χ2v) is 8.13. The topological polar surface area (TPSA) is 97.6 Å². The van der Waals surface area contributed by atoms with Crippen molar-refractivity contribution in [3.05, 3.63) is 12.1 Å². The average Bonchev–Trinajstić information content (AvgIpc) is 2.31. The number of anilines is 2. The molecular formula is C13H24N4O3S. The Morgan fingerprint density at radius 2 is 1.95 bits per heavy atom. The Bertz CT molecular complexity index is 580. The molecule has 0 amide bonds. The summed E-state index contributed by atoms with van der Waals surface area (Å²) in [6.45, 7) is 5.96. The van der Waals surface area contributed by atoms with Gasteiger partial charge in [0.1, 0.15) is 11.4 Å². The molecule has 1 rings (SSSR count). The van der Waals surface area contributed by atoms with Gasteiger partial charge in [-0.3, -0.25) is 0 Å². The number of hydrogen-bond donors (Lipinski definition) is 2. The molecule has 21 heavy (non-hydrogen) atoms. The number of rotatable bonds is 6. The van der Waals surface area contributed by atoms with Crippen LogP contribution in [0, 0.1) is 0 Å². The number of pyridine rings is 1. The van der Waals surface area contributed by atoms with Crippen LogP contribution in [0.1, 0.15) is 20.8 Å². The number of sulfonamides is 1. The highest BCUT2D eigenvalue weighted by Gasteiger charge is 2.16. The maximum atomic E-state index is 11.7. The highest BCUT2D eigenvalue weighted by molar-refractivity contribution is 7.89. The predicted molar refractivity (Wildman–Crippen MR) is 85.0 cm³/mol. The molecule has 1 heterocycles. The molecule has 0 saturated carbocycles. The van der Waals surface area contributed by atoms with Crippen LogP contribution < -0.4 is 15.8 Å². The third-order valence-corrected chi connectivity index (χ3v) is 4.35. The molecule has 0 aromatic carbocycles. The summed E-state index contributed by atoms with van der Waals surface area (Å²) >= 11 is 0. The summed E-state index contributed by atoms with van der Waals surface area (Å²) in [7, 11) is -0.216. The second-order valence-electron chi connectivity index (χ2n) is 5.83. The van der Waals surface area contributed by atoms with E-state index in [1.54, 1.807) is 12.1 Å². The van der Waals surface area contributed by atoms with Crippen LogP contribution in [-0.4, -0.2) is 49.7 Å². The SMILES string of the molecule is CN(C)S(=O)(=O)CCNc1ccc(N)c(OC(C)(C)C)n1. The lowest BCUT2D eigenvalue weighted by atomic mass is 10.2. The van der Waals surface area contributed by atoms with Crippen LogP contribution in [0.5, 0.6) is 5.88 Å². The Morgan fingerprint density at radius 1 is 1.33 bits per heavy atom. The molecule has 1 aromatic rings. The number of hydrogen-bond acceptors (Lipinski definition) is 6. The third-order valence-electron chi connectivity index (χ3n) is 2.52. The number of nitrogens with one attached hydrogen (secondary N) is 1. The standard InChI is InChI=1S/C13H24N4O3S/c1-13(2,3)20-12-10(14)6-7-11(16-12)15-8-9-21(18,19)17(4)5/h6-7H,8-9,14H2,1-5H3,(H,15,16). The fraction of sp³-hybridized carbons (Fsp3) is 0.615. The zero-order chi connectivity index (χ0) is 16.3. The summed E-state index contributed by atoms with van der Waals surface area (Å²) in [6.07, 6.45) is 0. The largest absolute Gasteiger partial charge is 0.470 e. The van der Waals surface area contributed by atoms with Crippen LogP contribution in [0.2, 0.25) is 0 Å². The Labute approximate surface area is 126 Å². The van der Waals surface area contributed by atoms with Crippen molar-refractivity contribution in [2.45, 2.75) is 26.4 Å². The zero-order valence-corrected chi connectivity index (χ0v) is 14.0. The summed E-state index contributed by atoms with van der Waals surface area (Å²) < 4.78 is 30.1. The van der Waals surface area contributed by atoms with Gasteiger partial charge >= 0.3 is 0 Å². The van der Waals surface area contributed by atoms with Crippen LogP contribution in [0.15, 0.2) is 12.1 Å². The van der Waals surface area contributed by atoms with Crippen LogP contribution in [0.4, 0.5) is 11.5 Å². The number of nitrogen functional groups attached to an aromatic ring is 1. The van der Waals surface area contributed by atoms with E-state index in [1.165, 1.54) is 18.4 Å². The predicted octanol–water partition coefficient (Wildman–Crippen LogP) is 1.14. The highest BCUT2D eigenvalue weighted by Crippen LogP contribution is 2.24. The minimum atomic E-state index is -3.23. The first-order valence-electron chi connectivity index (χ1n) is 6.61. The van der Waals surface area contributed by atoms with E-state index in [4.69, 9.17) is 10.5 Å². The molecule has 3 N–H and O–H groups in total. The number of aromatic nitrogens is 1. The van der Waals surface area contributed by atoms with Gasteiger partial charge in [0.05, 0.1) is 11.4 Å². The zero-order valence-electron chi connectivity index (χ0n) is 13.2. The minimum Gasteiger partial charge on any atom is -0.470 e. The molecule has 0 aliphatic carbocycles. The Balaban J connectivity index is 2.71. The highest BCUT2D eigenvalue weighted by atomic mass is 32.2. The van der Waals surface area contributed by atoms with Crippen molar-refractivity contribution in [1.29, 1.82) is 0 Å². The first kappa shape index (κ1) is 17.5. The third kappa shape index (κ3) is 5.76. The number of nitrogens with zero attached hydrogens (tertiary/aromatic N) is 2. The lowest BCUT2D eigenvalue weighted by Crippen LogP contribution is -2.28. The fourth-order valence-corrected chi connectivity index (χ4v) is 2.14. The molecule has 7 nitrogen and oxygen atoms in total. The monoisotopic (exact) mass is 316 g/mol. The summed E-state index contributed by atoms with van der Waals surface area (Å²) in [4.78, 5) is 4.26. The minimum absolute atomic E-state index is 0.0124. The molecule has 0 radical (unpaired) electrons. The maximum Gasteiger partial charge on any atom is 0.239 e. The van der Waals surface area contributed by atoms with Crippen LogP contribution in [0.25, 0.3) is 0 Å². The van der Waals surface area contributed by atoms with E-state index in [-0.39, 0.29) is 12.3 Å². The molecule has 0 fully saturated rings. The van der Waals surface area contributed by atoms with Gasteiger partial charge in [0, 0.05) is 20.6 Å². The van der Waals surface area contributed by atoms with E-state index < -0.39 is 15.6 Å². The van der Waals surface area contributed by atoms with Gasteiger partial charge < -0.3 is 15.8 Å².